The molecule has 3 rings (SSSR count). The van der Waals surface area contributed by atoms with Gasteiger partial charge in [-0.2, -0.15) is 0 Å². The Hall–Kier alpha value is -3.64. The second-order valence-corrected chi connectivity index (χ2v) is 9.28. The second-order valence-electron chi connectivity index (χ2n) is 9.28. The molecule has 1 N–H and O–H groups in total. The van der Waals surface area contributed by atoms with Crippen LogP contribution < -0.4 is 4.74 Å². The summed E-state index contributed by atoms with van der Waals surface area (Å²) in [6.07, 6.45) is 0.947. The maximum atomic E-state index is 12.5. The van der Waals surface area contributed by atoms with Crippen LogP contribution in [0.4, 0.5) is 0 Å². The van der Waals surface area contributed by atoms with Crippen LogP contribution in [-0.2, 0) is 37.7 Å². The first kappa shape index (κ1) is 26.0. The largest absolute Gasteiger partial charge is 0.489 e. The lowest BCUT2D eigenvalue weighted by atomic mass is 9.86. The van der Waals surface area contributed by atoms with Gasteiger partial charge in [0.2, 0.25) is 5.60 Å². The first-order valence-electron chi connectivity index (χ1n) is 11.5. The Morgan fingerprint density at radius 2 is 1.37 bits per heavy atom. The molecule has 0 bridgehead atoms. The van der Waals surface area contributed by atoms with Gasteiger partial charge in [0.25, 0.3) is 0 Å². The number of rotatable bonds is 9. The zero-order valence-corrected chi connectivity index (χ0v) is 20.6. The van der Waals surface area contributed by atoms with Gasteiger partial charge in [0.05, 0.1) is 7.11 Å². The smallest absolute Gasteiger partial charge is 0.347 e. The lowest BCUT2D eigenvalue weighted by Gasteiger charge is -2.26. The predicted molar refractivity (Wildman–Crippen MR) is 133 cm³/mol. The summed E-state index contributed by atoms with van der Waals surface area (Å²) >= 11 is 0. The Balaban J connectivity index is 1.60. The number of hydrogen-bond acceptors (Lipinski definition) is 6. The minimum Gasteiger partial charge on any atom is -0.489 e. The third kappa shape index (κ3) is 6.93. The standard InChI is InChI=1S/C29H32O6/c1-28(2,3)35-26(30)19-14-21-10-12-22(13-11-21)20-34-25-17-15-24(16-18-25)29(32,27(31)33-4)23-8-6-5-7-9-23/h5-13,15-18,32H,14,19-20H2,1-4H3. The van der Waals surface area contributed by atoms with Crippen LogP contribution in [0.25, 0.3) is 0 Å². The molecule has 0 aliphatic heterocycles. The maximum Gasteiger partial charge on any atom is 0.347 e. The van der Waals surface area contributed by atoms with Crippen molar-refractivity contribution in [3.63, 3.8) is 0 Å². The summed E-state index contributed by atoms with van der Waals surface area (Å²) in [5, 5.41) is 11.2. The van der Waals surface area contributed by atoms with Crippen LogP contribution in [0, 0.1) is 0 Å². The molecule has 35 heavy (non-hydrogen) atoms. The monoisotopic (exact) mass is 476 g/mol. The van der Waals surface area contributed by atoms with Crippen LogP contribution in [0.3, 0.4) is 0 Å². The molecule has 0 heterocycles. The number of benzene rings is 3. The number of hydrogen-bond donors (Lipinski definition) is 1. The zero-order valence-electron chi connectivity index (χ0n) is 20.6. The van der Waals surface area contributed by atoms with Crippen molar-refractivity contribution in [3.05, 3.63) is 101 Å². The highest BCUT2D eigenvalue weighted by Gasteiger charge is 2.41. The van der Waals surface area contributed by atoms with Crippen molar-refractivity contribution >= 4 is 11.9 Å². The highest BCUT2D eigenvalue weighted by atomic mass is 16.6. The van der Waals surface area contributed by atoms with Gasteiger partial charge in [0.1, 0.15) is 18.0 Å². The summed E-state index contributed by atoms with van der Waals surface area (Å²) in [5.41, 5.74) is 0.446. The van der Waals surface area contributed by atoms with E-state index in [0.717, 1.165) is 11.1 Å². The average Bonchev–Trinajstić information content (AvgIpc) is 2.85. The summed E-state index contributed by atoms with van der Waals surface area (Å²) in [4.78, 5) is 24.4. The van der Waals surface area contributed by atoms with E-state index in [1.165, 1.54) is 7.11 Å². The molecular weight excluding hydrogens is 444 g/mol. The fourth-order valence-corrected chi connectivity index (χ4v) is 3.63. The summed E-state index contributed by atoms with van der Waals surface area (Å²) in [6, 6.07) is 23.3. The van der Waals surface area contributed by atoms with Gasteiger partial charge in [0.15, 0.2) is 0 Å². The molecule has 0 spiro atoms. The number of carbonyl (C=O) groups is 2. The Kier molecular flexibility index (Phi) is 8.30. The number of aryl methyl sites for hydroxylation is 1. The lowest BCUT2D eigenvalue weighted by molar-refractivity contribution is -0.159. The molecule has 184 valence electrons. The van der Waals surface area contributed by atoms with Crippen LogP contribution in [0.5, 0.6) is 5.75 Å². The van der Waals surface area contributed by atoms with Gasteiger partial charge in [0, 0.05) is 6.42 Å². The third-order valence-electron chi connectivity index (χ3n) is 5.41. The van der Waals surface area contributed by atoms with Crippen LogP contribution in [0.15, 0.2) is 78.9 Å². The third-order valence-corrected chi connectivity index (χ3v) is 5.41. The molecule has 0 aliphatic carbocycles. The van der Waals surface area contributed by atoms with Crippen LogP contribution >= 0.6 is 0 Å². The van der Waals surface area contributed by atoms with Crippen molar-refractivity contribution in [2.75, 3.05) is 7.11 Å². The Labute approximate surface area is 206 Å². The molecule has 0 saturated carbocycles. The fraction of sp³-hybridized carbons (Fsp3) is 0.310. The minimum atomic E-state index is -1.91. The topological polar surface area (TPSA) is 82.1 Å². The van der Waals surface area contributed by atoms with Crippen LogP contribution in [0.2, 0.25) is 0 Å². The first-order valence-corrected chi connectivity index (χ1v) is 11.5. The summed E-state index contributed by atoms with van der Waals surface area (Å²) < 4.78 is 16.1. The molecule has 1 unspecified atom stereocenters. The van der Waals surface area contributed by atoms with Crippen molar-refractivity contribution in [1.82, 2.24) is 0 Å². The zero-order chi connectivity index (χ0) is 25.5. The molecule has 0 fully saturated rings. The minimum absolute atomic E-state index is 0.209. The van der Waals surface area contributed by atoms with E-state index >= 15 is 0 Å². The summed E-state index contributed by atoms with van der Waals surface area (Å²) in [7, 11) is 1.25. The molecule has 6 nitrogen and oxygen atoms in total. The Bertz CT molecular complexity index is 1110. The fourth-order valence-electron chi connectivity index (χ4n) is 3.63. The normalized spacial score (nSPS) is 12.9. The van der Waals surface area contributed by atoms with E-state index in [2.05, 4.69) is 0 Å². The van der Waals surface area contributed by atoms with Crippen molar-refractivity contribution in [1.29, 1.82) is 0 Å². The highest BCUT2D eigenvalue weighted by Crippen LogP contribution is 2.32. The van der Waals surface area contributed by atoms with E-state index in [0.29, 0.717) is 36.3 Å². The molecule has 0 saturated heterocycles. The molecule has 3 aromatic carbocycles. The molecule has 0 aromatic heterocycles. The lowest BCUT2D eigenvalue weighted by Crippen LogP contribution is -2.37. The van der Waals surface area contributed by atoms with E-state index in [9.17, 15) is 14.7 Å². The molecule has 0 aliphatic rings. The van der Waals surface area contributed by atoms with E-state index in [1.54, 1.807) is 48.5 Å². The van der Waals surface area contributed by atoms with Gasteiger partial charge in [-0.15, -0.1) is 0 Å². The summed E-state index contributed by atoms with van der Waals surface area (Å²) in [6.45, 7) is 5.92. The number of aliphatic hydroxyl groups is 1. The molecular formula is C29H32O6. The van der Waals surface area contributed by atoms with Crippen molar-refractivity contribution in [2.45, 2.75) is 51.4 Å². The average molecular weight is 477 g/mol. The Morgan fingerprint density at radius 1 is 0.800 bits per heavy atom. The molecule has 6 heteroatoms. The van der Waals surface area contributed by atoms with E-state index in [-0.39, 0.29) is 5.97 Å². The van der Waals surface area contributed by atoms with Crippen molar-refractivity contribution in [3.8, 4) is 5.75 Å². The number of methoxy groups -OCH3 is 1. The van der Waals surface area contributed by atoms with Gasteiger partial charge in [-0.1, -0.05) is 66.7 Å². The van der Waals surface area contributed by atoms with Gasteiger partial charge in [-0.25, -0.2) is 4.79 Å². The SMILES string of the molecule is COC(=O)C(O)(c1ccccc1)c1ccc(OCc2ccc(CCC(=O)OC(C)(C)C)cc2)cc1. The van der Waals surface area contributed by atoms with Gasteiger partial charge in [-0.05, 0) is 61.6 Å². The van der Waals surface area contributed by atoms with Crippen molar-refractivity contribution in [2.24, 2.45) is 0 Å². The molecule has 3 aromatic rings. The van der Waals surface area contributed by atoms with Crippen molar-refractivity contribution < 1.29 is 28.9 Å². The second kappa shape index (κ2) is 11.2. The maximum absolute atomic E-state index is 12.5. The summed E-state index contributed by atoms with van der Waals surface area (Å²) in [5.74, 6) is -0.369. The van der Waals surface area contributed by atoms with E-state index in [4.69, 9.17) is 14.2 Å². The number of ether oxygens (including phenoxy) is 3. The highest BCUT2D eigenvalue weighted by molar-refractivity contribution is 5.85. The van der Waals surface area contributed by atoms with Gasteiger partial charge in [-0.3, -0.25) is 4.79 Å². The molecule has 0 amide bonds. The quantitative estimate of drug-likeness (QED) is 0.440. The van der Waals surface area contributed by atoms with Crippen LogP contribution in [0.1, 0.15) is 49.4 Å². The molecule has 0 radical (unpaired) electrons. The predicted octanol–water partition coefficient (Wildman–Crippen LogP) is 4.95. The Morgan fingerprint density at radius 3 is 1.94 bits per heavy atom. The molecule has 1 atom stereocenters. The van der Waals surface area contributed by atoms with Gasteiger partial charge < -0.3 is 19.3 Å². The van der Waals surface area contributed by atoms with Gasteiger partial charge >= 0.3 is 11.9 Å². The van der Waals surface area contributed by atoms with E-state index in [1.807, 2.05) is 51.1 Å². The number of esters is 2. The van der Waals surface area contributed by atoms with Crippen LogP contribution in [-0.4, -0.2) is 29.8 Å². The first-order chi connectivity index (χ1) is 16.6. The number of carbonyl (C=O) groups excluding carboxylic acids is 2. The van der Waals surface area contributed by atoms with E-state index < -0.39 is 17.2 Å².